The zero-order valence-electron chi connectivity index (χ0n) is 16.0. The molecule has 3 N–H and O–H groups in total. The molecule has 2 heterocycles. The number of Topliss-reactive ketones (excluding diaryl/α,β-unsaturated/α-hetero) is 1. The van der Waals surface area contributed by atoms with Gasteiger partial charge in [0.2, 0.25) is 0 Å². The number of para-hydroxylation sites is 1. The highest BCUT2D eigenvalue weighted by Gasteiger charge is 2.40. The summed E-state index contributed by atoms with van der Waals surface area (Å²) < 4.78 is 1.43. The number of hydrogen-bond donors (Lipinski definition) is 3. The number of rotatable bonds is 3. The Morgan fingerprint density at radius 1 is 1.00 bits per heavy atom. The Morgan fingerprint density at radius 3 is 2.50 bits per heavy atom. The number of carboxylic acids is 1. The third kappa shape index (κ3) is 2.70. The topological polar surface area (TPSA) is 104 Å². The van der Waals surface area contributed by atoms with E-state index in [4.69, 9.17) is 0 Å². The number of nitrogens with one attached hydrogen (secondary N) is 2. The van der Waals surface area contributed by atoms with Crippen molar-refractivity contribution in [1.82, 2.24) is 9.78 Å². The van der Waals surface area contributed by atoms with Crippen LogP contribution in [-0.4, -0.2) is 26.6 Å². The summed E-state index contributed by atoms with van der Waals surface area (Å²) in [5, 5.41) is 16.1. The number of fused-ring (bicyclic) bond motifs is 1. The van der Waals surface area contributed by atoms with E-state index in [1.807, 2.05) is 30.3 Å². The summed E-state index contributed by atoms with van der Waals surface area (Å²) in [4.78, 5) is 38.3. The lowest BCUT2D eigenvalue weighted by atomic mass is 9.75. The number of benzene rings is 2. The van der Waals surface area contributed by atoms with Gasteiger partial charge in [0.15, 0.2) is 5.78 Å². The predicted molar refractivity (Wildman–Crippen MR) is 111 cm³/mol. The number of hydrogen-bond acceptors (Lipinski definition) is 4. The van der Waals surface area contributed by atoms with E-state index in [-0.39, 0.29) is 16.9 Å². The van der Waals surface area contributed by atoms with Crippen molar-refractivity contribution in [2.45, 2.75) is 25.2 Å². The second-order valence-corrected chi connectivity index (χ2v) is 7.50. The molecule has 1 atom stereocenters. The Bertz CT molecular complexity index is 1270. The second kappa shape index (κ2) is 6.88. The van der Waals surface area contributed by atoms with E-state index < -0.39 is 11.9 Å². The van der Waals surface area contributed by atoms with Crippen molar-refractivity contribution < 1.29 is 14.7 Å². The van der Waals surface area contributed by atoms with Crippen molar-refractivity contribution in [2.24, 2.45) is 0 Å². The van der Waals surface area contributed by atoms with Crippen LogP contribution in [0.3, 0.4) is 0 Å². The van der Waals surface area contributed by atoms with Gasteiger partial charge >= 0.3 is 5.97 Å². The maximum absolute atomic E-state index is 13.5. The van der Waals surface area contributed by atoms with Gasteiger partial charge in [-0.2, -0.15) is 0 Å². The minimum atomic E-state index is -1.09. The van der Waals surface area contributed by atoms with E-state index in [0.717, 1.165) is 12.1 Å². The van der Waals surface area contributed by atoms with Crippen LogP contribution in [0, 0.1) is 0 Å². The largest absolute Gasteiger partial charge is 0.478 e. The van der Waals surface area contributed by atoms with Crippen molar-refractivity contribution in [3.05, 3.63) is 92.9 Å². The second-order valence-electron chi connectivity index (χ2n) is 7.50. The zero-order valence-corrected chi connectivity index (χ0v) is 16.0. The van der Waals surface area contributed by atoms with Crippen molar-refractivity contribution in [3.63, 3.8) is 0 Å². The summed E-state index contributed by atoms with van der Waals surface area (Å²) in [5.41, 5.74) is 2.51. The van der Waals surface area contributed by atoms with Gasteiger partial charge in [0, 0.05) is 23.6 Å². The molecule has 1 aliphatic heterocycles. The molecule has 5 rings (SSSR count). The lowest BCUT2D eigenvalue weighted by Crippen LogP contribution is -2.30. The molecule has 0 fully saturated rings. The number of H-pyrrole nitrogens is 1. The molecule has 30 heavy (non-hydrogen) atoms. The Labute approximate surface area is 171 Å². The normalized spacial score (nSPS) is 17.9. The third-order valence-corrected chi connectivity index (χ3v) is 5.75. The van der Waals surface area contributed by atoms with Gasteiger partial charge in [-0.3, -0.25) is 14.7 Å². The van der Waals surface area contributed by atoms with Gasteiger partial charge in [-0.05, 0) is 36.6 Å². The number of allylic oxidation sites excluding steroid dienone is 2. The number of ketones is 1. The number of carbonyl (C=O) groups is 2. The summed E-state index contributed by atoms with van der Waals surface area (Å²) in [7, 11) is 0. The highest BCUT2D eigenvalue weighted by Crippen LogP contribution is 2.44. The molecule has 0 spiro atoms. The molecular weight excluding hydrogens is 382 g/mol. The van der Waals surface area contributed by atoms with Crippen LogP contribution in [0.1, 0.15) is 46.7 Å². The number of carboxylic acid groups (broad SMARTS) is 1. The quantitative estimate of drug-likeness (QED) is 0.624. The first-order chi connectivity index (χ1) is 14.6. The van der Waals surface area contributed by atoms with Crippen LogP contribution in [0.15, 0.2) is 70.7 Å². The van der Waals surface area contributed by atoms with Gasteiger partial charge in [-0.25, -0.2) is 9.48 Å². The molecule has 0 unspecified atom stereocenters. The van der Waals surface area contributed by atoms with Crippen LogP contribution in [-0.2, 0) is 4.79 Å². The molecule has 1 aliphatic carbocycles. The fourth-order valence-electron chi connectivity index (χ4n) is 4.45. The lowest BCUT2D eigenvalue weighted by molar-refractivity contribution is -0.116. The first-order valence-electron chi connectivity index (χ1n) is 9.82. The Balaban J connectivity index is 1.79. The Hall–Kier alpha value is -3.87. The fourth-order valence-corrected chi connectivity index (χ4v) is 4.45. The minimum Gasteiger partial charge on any atom is -0.478 e. The minimum absolute atomic E-state index is 0.0496. The van der Waals surface area contributed by atoms with Gasteiger partial charge in [0.05, 0.1) is 16.8 Å². The van der Waals surface area contributed by atoms with E-state index in [9.17, 15) is 19.5 Å². The molecule has 2 aliphatic rings. The van der Waals surface area contributed by atoms with E-state index in [0.29, 0.717) is 41.0 Å². The molecule has 7 nitrogen and oxygen atoms in total. The molecule has 1 aromatic heterocycles. The van der Waals surface area contributed by atoms with Gasteiger partial charge < -0.3 is 10.4 Å². The molecule has 2 aromatic carbocycles. The van der Waals surface area contributed by atoms with Gasteiger partial charge in [-0.15, -0.1) is 0 Å². The molecule has 7 heteroatoms. The molecule has 150 valence electrons. The fraction of sp³-hybridized carbons (Fsp3) is 0.174. The summed E-state index contributed by atoms with van der Waals surface area (Å²) >= 11 is 0. The van der Waals surface area contributed by atoms with Crippen molar-refractivity contribution in [3.8, 4) is 5.69 Å². The number of anilines is 1. The monoisotopic (exact) mass is 401 g/mol. The standard InChI is InChI=1S/C23H19N3O4/c27-17-12-6-11-16-19(17)18(14-9-4-5-10-15(14)23(29)30)20-21(24-16)25-26(22(20)28)13-7-2-1-3-8-13/h1-5,7-10,18,24-25H,6,11-12H2,(H,29,30)/t18-/m1/s1. The zero-order chi connectivity index (χ0) is 20.8. The first kappa shape index (κ1) is 18.2. The number of carbonyl (C=O) groups excluding carboxylic acids is 1. The smallest absolute Gasteiger partial charge is 0.335 e. The molecule has 0 saturated heterocycles. The lowest BCUT2D eigenvalue weighted by Gasteiger charge is -2.31. The first-order valence-corrected chi connectivity index (χ1v) is 9.82. The van der Waals surface area contributed by atoms with Crippen molar-refractivity contribution >= 4 is 17.6 Å². The van der Waals surface area contributed by atoms with E-state index >= 15 is 0 Å². The molecular formula is C23H19N3O4. The summed E-state index contributed by atoms with van der Waals surface area (Å²) in [6.07, 6.45) is 1.78. The van der Waals surface area contributed by atoms with Gasteiger partial charge in [0.25, 0.3) is 5.56 Å². The number of aromatic amines is 1. The highest BCUT2D eigenvalue weighted by molar-refractivity contribution is 6.02. The Morgan fingerprint density at radius 2 is 1.73 bits per heavy atom. The molecule has 0 saturated carbocycles. The molecule has 0 radical (unpaired) electrons. The van der Waals surface area contributed by atoms with Crippen LogP contribution < -0.4 is 10.9 Å². The number of nitrogens with zero attached hydrogens (tertiary/aromatic N) is 1. The van der Waals surface area contributed by atoms with Crippen molar-refractivity contribution in [1.29, 1.82) is 0 Å². The van der Waals surface area contributed by atoms with E-state index in [1.165, 1.54) is 10.7 Å². The van der Waals surface area contributed by atoms with Crippen LogP contribution in [0.5, 0.6) is 0 Å². The summed E-state index contributed by atoms with van der Waals surface area (Å²) in [5.74, 6) is -1.37. The third-order valence-electron chi connectivity index (χ3n) is 5.75. The van der Waals surface area contributed by atoms with E-state index in [2.05, 4.69) is 10.4 Å². The average Bonchev–Trinajstić information content (AvgIpc) is 3.09. The van der Waals surface area contributed by atoms with Crippen LogP contribution in [0.4, 0.5) is 5.82 Å². The number of aromatic nitrogens is 2. The summed E-state index contributed by atoms with van der Waals surface area (Å²) in [6.45, 7) is 0. The highest BCUT2D eigenvalue weighted by atomic mass is 16.4. The molecule has 3 aromatic rings. The Kier molecular flexibility index (Phi) is 4.17. The maximum atomic E-state index is 13.5. The average molecular weight is 401 g/mol. The number of aromatic carboxylic acids is 1. The van der Waals surface area contributed by atoms with Crippen LogP contribution in [0.2, 0.25) is 0 Å². The van der Waals surface area contributed by atoms with Gasteiger partial charge in [-0.1, -0.05) is 36.4 Å². The summed E-state index contributed by atoms with van der Waals surface area (Å²) in [6, 6.07) is 15.7. The SMILES string of the molecule is O=C1CCCC2=C1[C@@H](c1ccccc1C(=O)O)c1c([nH]n(-c3ccccc3)c1=O)N2. The maximum Gasteiger partial charge on any atom is 0.335 e. The van der Waals surface area contributed by atoms with E-state index in [1.54, 1.807) is 18.2 Å². The van der Waals surface area contributed by atoms with Gasteiger partial charge in [0.1, 0.15) is 5.82 Å². The predicted octanol–water partition coefficient (Wildman–Crippen LogP) is 3.43. The molecule has 0 bridgehead atoms. The molecule has 0 amide bonds. The van der Waals surface area contributed by atoms with Crippen LogP contribution >= 0.6 is 0 Å². The van der Waals surface area contributed by atoms with Crippen LogP contribution in [0.25, 0.3) is 5.69 Å². The van der Waals surface area contributed by atoms with Crippen molar-refractivity contribution in [2.75, 3.05) is 5.32 Å².